The van der Waals surface area contributed by atoms with E-state index in [4.69, 9.17) is 5.11 Å². The summed E-state index contributed by atoms with van der Waals surface area (Å²) in [4.78, 5) is 12.0. The summed E-state index contributed by atoms with van der Waals surface area (Å²) in [5, 5.41) is 15.1. The van der Waals surface area contributed by atoms with E-state index in [1.165, 1.54) is 29.1 Å². The Morgan fingerprint density at radius 3 is 3.00 bits per heavy atom. The van der Waals surface area contributed by atoms with Crippen LogP contribution in [-0.4, -0.2) is 27.4 Å². The summed E-state index contributed by atoms with van der Waals surface area (Å²) in [7, 11) is 1.71. The Hall–Kier alpha value is -2.65. The summed E-state index contributed by atoms with van der Waals surface area (Å²) in [6.07, 6.45) is 3.07. The minimum absolute atomic E-state index is 0.112. The summed E-state index contributed by atoms with van der Waals surface area (Å²) in [6.45, 7) is -0.297. The average molecular weight is 273 g/mol. The maximum atomic E-state index is 13.7. The molecular weight excluding hydrogens is 261 g/mol. The maximum absolute atomic E-state index is 13.7. The Kier molecular flexibility index (Phi) is 4.13. The second-order valence-electron chi connectivity index (χ2n) is 4.01. The van der Waals surface area contributed by atoms with Gasteiger partial charge in [0.1, 0.15) is 12.4 Å². The first-order valence-electron chi connectivity index (χ1n) is 5.79. The minimum atomic E-state index is -0.638. The van der Waals surface area contributed by atoms with Crippen LogP contribution in [0.15, 0.2) is 30.6 Å². The summed E-state index contributed by atoms with van der Waals surface area (Å²) >= 11 is 0. The van der Waals surface area contributed by atoms with Crippen molar-refractivity contribution in [3.05, 3.63) is 47.5 Å². The second-order valence-corrected chi connectivity index (χ2v) is 4.01. The smallest absolute Gasteiger partial charge is 0.258 e. The van der Waals surface area contributed by atoms with Crippen LogP contribution in [0.1, 0.15) is 15.9 Å². The van der Waals surface area contributed by atoms with Crippen molar-refractivity contribution in [2.24, 2.45) is 7.05 Å². The number of hydrogen-bond acceptors (Lipinski definition) is 3. The number of aliphatic hydroxyl groups is 1. The van der Waals surface area contributed by atoms with E-state index in [0.717, 1.165) is 0 Å². The van der Waals surface area contributed by atoms with E-state index in [9.17, 15) is 9.18 Å². The molecule has 0 unspecified atom stereocenters. The third-order valence-corrected chi connectivity index (χ3v) is 2.49. The number of aromatic nitrogens is 2. The van der Waals surface area contributed by atoms with Crippen molar-refractivity contribution in [1.29, 1.82) is 0 Å². The lowest BCUT2D eigenvalue weighted by Crippen LogP contribution is -2.13. The van der Waals surface area contributed by atoms with Crippen LogP contribution < -0.4 is 5.32 Å². The lowest BCUT2D eigenvalue weighted by Gasteiger charge is -2.04. The highest BCUT2D eigenvalue weighted by atomic mass is 19.1. The van der Waals surface area contributed by atoms with Gasteiger partial charge in [0.2, 0.25) is 0 Å². The number of aliphatic hydroxyl groups excluding tert-OH is 1. The van der Waals surface area contributed by atoms with Crippen LogP contribution >= 0.6 is 0 Å². The Labute approximate surface area is 115 Å². The van der Waals surface area contributed by atoms with Crippen molar-refractivity contribution >= 4 is 11.6 Å². The van der Waals surface area contributed by atoms with Crippen molar-refractivity contribution in [2.45, 2.75) is 0 Å². The molecule has 2 aromatic rings. The number of carbonyl (C=O) groups excluding carboxylic acids is 1. The van der Waals surface area contributed by atoms with Crippen LogP contribution in [-0.2, 0) is 7.05 Å². The van der Waals surface area contributed by atoms with Gasteiger partial charge in [-0.3, -0.25) is 9.48 Å². The zero-order valence-corrected chi connectivity index (χ0v) is 10.7. The summed E-state index contributed by atoms with van der Waals surface area (Å²) in [5.74, 6) is 3.84. The highest BCUT2D eigenvalue weighted by Crippen LogP contribution is 2.13. The van der Waals surface area contributed by atoms with Crippen LogP contribution in [0.5, 0.6) is 0 Å². The predicted molar refractivity (Wildman–Crippen MR) is 71.5 cm³/mol. The summed E-state index contributed by atoms with van der Waals surface area (Å²) in [5.41, 5.74) is 0.819. The fourth-order valence-electron chi connectivity index (χ4n) is 1.60. The molecule has 0 aliphatic heterocycles. The molecule has 6 heteroatoms. The number of carbonyl (C=O) groups is 1. The monoisotopic (exact) mass is 273 g/mol. The van der Waals surface area contributed by atoms with Crippen molar-refractivity contribution in [3.8, 4) is 11.8 Å². The number of benzene rings is 1. The first-order valence-corrected chi connectivity index (χ1v) is 5.79. The molecule has 102 valence electrons. The van der Waals surface area contributed by atoms with E-state index >= 15 is 0 Å². The molecule has 20 heavy (non-hydrogen) atoms. The van der Waals surface area contributed by atoms with Gasteiger partial charge in [0.15, 0.2) is 0 Å². The third kappa shape index (κ3) is 3.22. The molecule has 1 amide bonds. The molecule has 0 aliphatic carbocycles. The second kappa shape index (κ2) is 5.99. The number of aryl methyl sites for hydroxylation is 1. The van der Waals surface area contributed by atoms with Gasteiger partial charge in [0, 0.05) is 18.8 Å². The summed E-state index contributed by atoms with van der Waals surface area (Å²) < 4.78 is 15.2. The Morgan fingerprint density at radius 2 is 2.35 bits per heavy atom. The molecular formula is C14H12FN3O2. The van der Waals surface area contributed by atoms with Gasteiger partial charge in [-0.1, -0.05) is 11.8 Å². The molecule has 0 bridgehead atoms. The van der Waals surface area contributed by atoms with Crippen LogP contribution in [0.25, 0.3) is 0 Å². The Bertz CT molecular complexity index is 698. The molecule has 2 rings (SSSR count). The maximum Gasteiger partial charge on any atom is 0.258 e. The van der Waals surface area contributed by atoms with Gasteiger partial charge in [-0.2, -0.15) is 5.10 Å². The van der Waals surface area contributed by atoms with Crippen LogP contribution in [0.3, 0.4) is 0 Å². The number of hydrogen-bond donors (Lipinski definition) is 2. The topological polar surface area (TPSA) is 67.2 Å². The molecule has 5 nitrogen and oxygen atoms in total. The zero-order chi connectivity index (χ0) is 14.5. The van der Waals surface area contributed by atoms with Gasteiger partial charge in [-0.05, 0) is 18.2 Å². The average Bonchev–Trinajstić information content (AvgIpc) is 2.83. The first kappa shape index (κ1) is 13.8. The molecule has 0 aliphatic rings. The van der Waals surface area contributed by atoms with Gasteiger partial charge in [-0.15, -0.1) is 0 Å². The molecule has 0 atom stereocenters. The standard InChI is InChI=1S/C14H12FN3O2/c1-18-9-11(8-16-18)17-14(20)12-7-10(3-2-6-19)4-5-13(12)15/h4-5,7-9,19H,6H2,1H3,(H,17,20). The number of nitrogens with one attached hydrogen (secondary N) is 1. The van der Waals surface area contributed by atoms with E-state index in [1.807, 2.05) is 0 Å². The SMILES string of the molecule is Cn1cc(NC(=O)c2cc(C#CCO)ccc2F)cn1. The molecule has 0 saturated carbocycles. The van der Waals surface area contributed by atoms with E-state index < -0.39 is 11.7 Å². The van der Waals surface area contributed by atoms with Crippen molar-refractivity contribution in [1.82, 2.24) is 9.78 Å². The molecule has 0 saturated heterocycles. The van der Waals surface area contributed by atoms with Crippen LogP contribution in [0.2, 0.25) is 0 Å². The Balaban J connectivity index is 2.24. The molecule has 1 aromatic heterocycles. The summed E-state index contributed by atoms with van der Waals surface area (Å²) in [6, 6.07) is 3.95. The number of rotatable bonds is 2. The molecule has 1 aromatic carbocycles. The number of amides is 1. The lowest BCUT2D eigenvalue weighted by molar-refractivity contribution is 0.102. The van der Waals surface area contributed by atoms with Crippen molar-refractivity contribution in [3.63, 3.8) is 0 Å². The van der Waals surface area contributed by atoms with Gasteiger partial charge < -0.3 is 10.4 Å². The molecule has 0 radical (unpaired) electrons. The van der Waals surface area contributed by atoms with Crippen LogP contribution in [0, 0.1) is 17.7 Å². The van der Waals surface area contributed by atoms with E-state index in [-0.39, 0.29) is 12.2 Å². The van der Waals surface area contributed by atoms with Gasteiger partial charge >= 0.3 is 0 Å². The zero-order valence-electron chi connectivity index (χ0n) is 10.7. The van der Waals surface area contributed by atoms with Crippen molar-refractivity contribution < 1.29 is 14.3 Å². The Morgan fingerprint density at radius 1 is 1.55 bits per heavy atom. The van der Waals surface area contributed by atoms with E-state index in [1.54, 1.807) is 13.2 Å². The van der Waals surface area contributed by atoms with E-state index in [2.05, 4.69) is 22.3 Å². The van der Waals surface area contributed by atoms with Crippen molar-refractivity contribution in [2.75, 3.05) is 11.9 Å². The van der Waals surface area contributed by atoms with Crippen LogP contribution in [0.4, 0.5) is 10.1 Å². The lowest BCUT2D eigenvalue weighted by atomic mass is 10.1. The van der Waals surface area contributed by atoms with Gasteiger partial charge in [0.25, 0.3) is 5.91 Å². The number of halogens is 1. The largest absolute Gasteiger partial charge is 0.384 e. The number of anilines is 1. The normalized spacial score (nSPS) is 9.75. The number of nitrogens with zero attached hydrogens (tertiary/aromatic N) is 2. The quantitative estimate of drug-likeness (QED) is 0.807. The van der Waals surface area contributed by atoms with E-state index in [0.29, 0.717) is 11.3 Å². The van der Waals surface area contributed by atoms with Gasteiger partial charge in [0.05, 0.1) is 17.4 Å². The third-order valence-electron chi connectivity index (χ3n) is 2.49. The molecule has 0 fully saturated rings. The van der Waals surface area contributed by atoms with Gasteiger partial charge in [-0.25, -0.2) is 4.39 Å². The fourth-order valence-corrected chi connectivity index (χ4v) is 1.60. The molecule has 0 spiro atoms. The predicted octanol–water partition coefficient (Wildman–Crippen LogP) is 1.16. The molecule has 1 heterocycles. The highest BCUT2D eigenvalue weighted by molar-refractivity contribution is 6.04. The first-order chi connectivity index (χ1) is 9.60. The minimum Gasteiger partial charge on any atom is -0.384 e. The molecule has 2 N–H and O–H groups in total. The fraction of sp³-hybridized carbons (Fsp3) is 0.143. The highest BCUT2D eigenvalue weighted by Gasteiger charge is 2.13.